The fraction of sp³-hybridized carbons (Fsp3) is 0.333. The van der Waals surface area contributed by atoms with Crippen LogP contribution in [0, 0.1) is 23.6 Å². The van der Waals surface area contributed by atoms with E-state index < -0.39 is 47.7 Å². The van der Waals surface area contributed by atoms with Crippen LogP contribution in [0.4, 0.5) is 4.39 Å². The summed E-state index contributed by atoms with van der Waals surface area (Å²) in [4.78, 5) is 52.9. The van der Waals surface area contributed by atoms with Crippen LogP contribution in [0.2, 0.25) is 10.0 Å². The number of imide groups is 1. The van der Waals surface area contributed by atoms with Crippen LogP contribution in [0.3, 0.4) is 0 Å². The minimum absolute atomic E-state index is 0.00295. The molecule has 3 amide bonds. The van der Waals surface area contributed by atoms with Gasteiger partial charge in [-0.25, -0.2) is 9.40 Å². The highest BCUT2D eigenvalue weighted by atomic mass is 35.5. The average Bonchev–Trinajstić information content (AvgIpc) is 3.01. The lowest BCUT2D eigenvalue weighted by Crippen LogP contribution is -2.52. The predicted octanol–water partition coefficient (Wildman–Crippen LogP) is 4.79. The highest BCUT2D eigenvalue weighted by Gasteiger charge is 2.53. The van der Waals surface area contributed by atoms with Gasteiger partial charge >= 0.3 is 0 Å². The molecule has 0 radical (unpaired) electrons. The number of hydrogen-bond donors (Lipinski definition) is 0. The zero-order valence-electron chi connectivity index (χ0n) is 17.8. The van der Waals surface area contributed by atoms with Crippen LogP contribution in [0.25, 0.3) is 0 Å². The predicted molar refractivity (Wildman–Crippen MR) is 120 cm³/mol. The van der Waals surface area contributed by atoms with Crippen molar-refractivity contribution in [1.29, 1.82) is 0 Å². The zero-order valence-corrected chi connectivity index (χ0v) is 19.3. The number of benzene rings is 2. The van der Waals surface area contributed by atoms with Gasteiger partial charge in [-0.05, 0) is 67.6 Å². The van der Waals surface area contributed by atoms with Crippen LogP contribution in [0.1, 0.15) is 46.9 Å². The standard InChI is InChI=1S/C24H21Cl2FN2O4/c1-13-2-8-17-19(10-13)24(33)29(23(17)32)28(12-21(30)14-3-6-16(27)7-4-14)22(31)18-9-5-15(25)11-20(18)26/h3-7,9,11,13,17,19H,2,8,10,12H2,1H3/t13-,17+,19-/m1/s1. The first-order valence-corrected chi connectivity index (χ1v) is 11.4. The molecule has 6 nitrogen and oxygen atoms in total. The molecule has 0 N–H and O–H groups in total. The third-order valence-corrected chi connectivity index (χ3v) is 6.81. The van der Waals surface area contributed by atoms with Crippen molar-refractivity contribution >= 4 is 46.7 Å². The van der Waals surface area contributed by atoms with E-state index in [0.29, 0.717) is 17.9 Å². The number of rotatable bonds is 5. The van der Waals surface area contributed by atoms with Gasteiger partial charge in [-0.1, -0.05) is 30.1 Å². The molecule has 172 valence electrons. The van der Waals surface area contributed by atoms with Crippen LogP contribution in [0.15, 0.2) is 42.5 Å². The van der Waals surface area contributed by atoms with Crippen LogP contribution < -0.4 is 0 Å². The van der Waals surface area contributed by atoms with E-state index in [0.717, 1.165) is 28.6 Å². The summed E-state index contributed by atoms with van der Waals surface area (Å²) in [5.41, 5.74) is 0.137. The molecule has 0 unspecified atom stereocenters. The maximum Gasteiger partial charge on any atom is 0.274 e. The van der Waals surface area contributed by atoms with Gasteiger partial charge in [-0.15, -0.1) is 0 Å². The molecule has 0 bridgehead atoms. The molecule has 4 rings (SSSR count). The number of fused-ring (bicyclic) bond motifs is 1. The van der Waals surface area contributed by atoms with Crippen LogP contribution in [0.5, 0.6) is 0 Å². The van der Waals surface area contributed by atoms with Gasteiger partial charge in [-0.2, -0.15) is 5.01 Å². The molecule has 1 aliphatic carbocycles. The first kappa shape index (κ1) is 23.4. The minimum atomic E-state index is -0.777. The molecular formula is C24H21Cl2FN2O4. The highest BCUT2D eigenvalue weighted by molar-refractivity contribution is 6.36. The summed E-state index contributed by atoms with van der Waals surface area (Å²) in [6.45, 7) is 1.43. The Morgan fingerprint density at radius 3 is 2.36 bits per heavy atom. The number of amides is 3. The first-order chi connectivity index (χ1) is 15.7. The third kappa shape index (κ3) is 4.52. The number of ketones is 1. The van der Waals surface area contributed by atoms with E-state index in [2.05, 4.69) is 0 Å². The van der Waals surface area contributed by atoms with E-state index in [9.17, 15) is 23.6 Å². The monoisotopic (exact) mass is 490 g/mol. The summed E-state index contributed by atoms with van der Waals surface area (Å²) >= 11 is 12.1. The molecule has 0 spiro atoms. The number of hydrogen-bond acceptors (Lipinski definition) is 4. The summed E-state index contributed by atoms with van der Waals surface area (Å²) in [6, 6.07) is 9.01. The Morgan fingerprint density at radius 1 is 1.03 bits per heavy atom. The smallest absolute Gasteiger partial charge is 0.274 e. The Kier molecular flexibility index (Phi) is 6.54. The molecule has 2 aliphatic rings. The minimum Gasteiger partial charge on any atom is -0.292 e. The number of carbonyl (C=O) groups is 4. The van der Waals surface area contributed by atoms with Gasteiger partial charge < -0.3 is 0 Å². The van der Waals surface area contributed by atoms with Crippen LogP contribution >= 0.6 is 23.2 Å². The quantitative estimate of drug-likeness (QED) is 0.445. The van der Waals surface area contributed by atoms with Crippen molar-refractivity contribution in [3.8, 4) is 0 Å². The normalized spacial score (nSPS) is 22.3. The lowest BCUT2D eigenvalue weighted by atomic mass is 9.76. The van der Waals surface area contributed by atoms with Gasteiger partial charge in [0.05, 0.1) is 22.4 Å². The van der Waals surface area contributed by atoms with E-state index in [1.54, 1.807) is 0 Å². The molecule has 2 fully saturated rings. The molecule has 33 heavy (non-hydrogen) atoms. The van der Waals surface area contributed by atoms with Gasteiger partial charge in [0.25, 0.3) is 17.7 Å². The lowest BCUT2D eigenvalue weighted by Gasteiger charge is -2.30. The van der Waals surface area contributed by atoms with Crippen molar-refractivity contribution in [1.82, 2.24) is 10.0 Å². The van der Waals surface area contributed by atoms with Gasteiger partial charge in [0.2, 0.25) is 0 Å². The number of nitrogens with zero attached hydrogens (tertiary/aromatic N) is 2. The molecule has 1 heterocycles. The topological polar surface area (TPSA) is 74.8 Å². The molecule has 1 aliphatic heterocycles. The Balaban J connectivity index is 1.71. The van der Waals surface area contributed by atoms with Crippen molar-refractivity contribution in [3.05, 3.63) is 69.5 Å². The molecule has 2 aromatic rings. The summed E-state index contributed by atoms with van der Waals surface area (Å²) in [6.07, 6.45) is 1.89. The van der Waals surface area contributed by atoms with Crippen molar-refractivity contribution in [2.45, 2.75) is 26.2 Å². The summed E-state index contributed by atoms with van der Waals surface area (Å²) in [7, 11) is 0. The Labute approximate surface area is 200 Å². The number of halogens is 3. The Morgan fingerprint density at radius 2 is 1.70 bits per heavy atom. The number of Topliss-reactive ketones (excluding diaryl/α,β-unsaturated/α-hetero) is 1. The van der Waals surface area contributed by atoms with Crippen molar-refractivity contribution in [2.75, 3.05) is 6.54 Å². The average molecular weight is 491 g/mol. The maximum absolute atomic E-state index is 13.5. The molecule has 3 atom stereocenters. The fourth-order valence-electron chi connectivity index (χ4n) is 4.51. The summed E-state index contributed by atoms with van der Waals surface area (Å²) < 4.78 is 13.3. The van der Waals surface area contributed by atoms with Gasteiger partial charge in [0.15, 0.2) is 5.78 Å². The van der Waals surface area contributed by atoms with Gasteiger partial charge in [0, 0.05) is 10.6 Å². The Hall–Kier alpha value is -2.77. The van der Waals surface area contributed by atoms with Crippen molar-refractivity contribution in [3.63, 3.8) is 0 Å². The summed E-state index contributed by atoms with van der Waals surface area (Å²) in [5, 5.41) is 1.99. The summed E-state index contributed by atoms with van der Waals surface area (Å²) in [5.74, 6) is -3.63. The molecule has 1 saturated carbocycles. The second-order valence-electron chi connectivity index (χ2n) is 8.54. The zero-order chi connectivity index (χ0) is 23.9. The second kappa shape index (κ2) is 9.23. The van der Waals surface area contributed by atoms with E-state index in [1.807, 2.05) is 6.92 Å². The van der Waals surface area contributed by atoms with Gasteiger partial charge in [0.1, 0.15) is 12.4 Å². The van der Waals surface area contributed by atoms with Crippen LogP contribution in [-0.4, -0.2) is 40.1 Å². The first-order valence-electron chi connectivity index (χ1n) is 10.6. The van der Waals surface area contributed by atoms with E-state index in [4.69, 9.17) is 23.2 Å². The van der Waals surface area contributed by atoms with Crippen molar-refractivity contribution < 1.29 is 23.6 Å². The molecule has 2 aromatic carbocycles. The van der Waals surface area contributed by atoms with Crippen molar-refractivity contribution in [2.24, 2.45) is 17.8 Å². The highest BCUT2D eigenvalue weighted by Crippen LogP contribution is 2.41. The maximum atomic E-state index is 13.5. The second-order valence-corrected chi connectivity index (χ2v) is 9.38. The molecular weight excluding hydrogens is 470 g/mol. The van der Waals surface area contributed by atoms with E-state index >= 15 is 0 Å². The number of hydrazine groups is 1. The number of carbonyl (C=O) groups excluding carboxylic acids is 4. The molecule has 1 saturated heterocycles. The Bertz CT molecular complexity index is 1140. The van der Waals surface area contributed by atoms with E-state index in [-0.39, 0.29) is 22.1 Å². The SMILES string of the molecule is C[C@@H]1CC[C@@H]2C(=O)N(N(CC(=O)c3ccc(F)cc3)C(=O)c3ccc(Cl)cc3Cl)C(=O)[C@@H]2C1. The molecule has 9 heteroatoms. The van der Waals surface area contributed by atoms with Crippen LogP contribution in [-0.2, 0) is 9.59 Å². The lowest BCUT2D eigenvalue weighted by molar-refractivity contribution is -0.154. The van der Waals surface area contributed by atoms with Gasteiger partial charge in [-0.3, -0.25) is 19.2 Å². The largest absolute Gasteiger partial charge is 0.292 e. The third-order valence-electron chi connectivity index (χ3n) is 6.26. The fourth-order valence-corrected chi connectivity index (χ4v) is 5.00. The van der Waals surface area contributed by atoms with E-state index in [1.165, 1.54) is 30.3 Å². The molecule has 0 aromatic heterocycles.